The van der Waals surface area contributed by atoms with Crippen LogP contribution >= 0.6 is 23.2 Å². The Morgan fingerprint density at radius 1 is 1.41 bits per heavy atom. The van der Waals surface area contributed by atoms with Crippen LogP contribution in [0, 0.1) is 12.8 Å². The molecule has 1 unspecified atom stereocenters. The van der Waals surface area contributed by atoms with E-state index in [4.69, 9.17) is 23.2 Å². The Hall–Kier alpha value is -0.450. The van der Waals surface area contributed by atoms with Crippen molar-refractivity contribution in [3.63, 3.8) is 0 Å². The molecule has 3 nitrogen and oxygen atoms in total. The van der Waals surface area contributed by atoms with Crippen molar-refractivity contribution in [2.75, 3.05) is 16.4 Å². The fourth-order valence-corrected chi connectivity index (χ4v) is 3.37. The third kappa shape index (κ3) is 4.74. The Morgan fingerprint density at radius 2 is 2.06 bits per heavy atom. The van der Waals surface area contributed by atoms with Gasteiger partial charge in [0.15, 0.2) is 0 Å². The SMILES string of the molecule is Cc1ccc(NS(=O)(=O)CC(C)CCl)c(Cl)c1. The van der Waals surface area contributed by atoms with E-state index >= 15 is 0 Å². The first-order valence-electron chi connectivity index (χ1n) is 5.16. The summed E-state index contributed by atoms with van der Waals surface area (Å²) in [4.78, 5) is 0. The van der Waals surface area contributed by atoms with Crippen molar-refractivity contribution in [1.29, 1.82) is 0 Å². The number of anilines is 1. The van der Waals surface area contributed by atoms with Gasteiger partial charge in [-0.25, -0.2) is 8.42 Å². The second kappa shape index (κ2) is 5.94. The highest BCUT2D eigenvalue weighted by Crippen LogP contribution is 2.24. The van der Waals surface area contributed by atoms with Crippen molar-refractivity contribution >= 4 is 38.9 Å². The lowest BCUT2D eigenvalue weighted by Gasteiger charge is -2.12. The minimum Gasteiger partial charge on any atom is -0.282 e. The first-order valence-corrected chi connectivity index (χ1v) is 7.73. The normalized spacial score (nSPS) is 13.4. The van der Waals surface area contributed by atoms with Gasteiger partial charge in [0.2, 0.25) is 10.0 Å². The van der Waals surface area contributed by atoms with Crippen LogP contribution in [-0.4, -0.2) is 20.1 Å². The van der Waals surface area contributed by atoms with Crippen LogP contribution in [0.15, 0.2) is 18.2 Å². The third-order valence-electron chi connectivity index (χ3n) is 2.16. The number of rotatable bonds is 5. The molecule has 0 aliphatic heterocycles. The molecule has 0 saturated heterocycles. The summed E-state index contributed by atoms with van der Waals surface area (Å²) in [6, 6.07) is 5.17. The van der Waals surface area contributed by atoms with Crippen LogP contribution in [0.5, 0.6) is 0 Å². The van der Waals surface area contributed by atoms with Crippen LogP contribution < -0.4 is 4.72 Å². The van der Waals surface area contributed by atoms with Gasteiger partial charge in [-0.3, -0.25) is 4.72 Å². The zero-order chi connectivity index (χ0) is 13.1. The number of benzene rings is 1. The van der Waals surface area contributed by atoms with E-state index < -0.39 is 10.0 Å². The number of halogens is 2. The molecule has 1 rings (SSSR count). The lowest BCUT2D eigenvalue weighted by molar-refractivity contribution is 0.588. The van der Waals surface area contributed by atoms with Crippen LogP contribution in [-0.2, 0) is 10.0 Å². The van der Waals surface area contributed by atoms with Crippen molar-refractivity contribution < 1.29 is 8.42 Å². The van der Waals surface area contributed by atoms with Gasteiger partial charge >= 0.3 is 0 Å². The Morgan fingerprint density at radius 3 is 2.59 bits per heavy atom. The molecule has 0 bridgehead atoms. The maximum Gasteiger partial charge on any atom is 0.233 e. The fourth-order valence-electron chi connectivity index (χ4n) is 1.33. The Bertz CT molecular complexity index is 488. The van der Waals surface area contributed by atoms with Gasteiger partial charge in [0.25, 0.3) is 0 Å². The standard InChI is InChI=1S/C11H15Cl2NO2S/c1-8-3-4-11(10(13)5-8)14-17(15,16)7-9(2)6-12/h3-5,9,14H,6-7H2,1-2H3. The van der Waals surface area contributed by atoms with Crippen molar-refractivity contribution in [1.82, 2.24) is 0 Å². The highest BCUT2D eigenvalue weighted by molar-refractivity contribution is 7.92. The second-order valence-electron chi connectivity index (χ2n) is 4.13. The molecule has 17 heavy (non-hydrogen) atoms. The molecular weight excluding hydrogens is 281 g/mol. The molecule has 0 amide bonds. The Balaban J connectivity index is 2.83. The van der Waals surface area contributed by atoms with Crippen LogP contribution in [0.1, 0.15) is 12.5 Å². The molecule has 1 N–H and O–H groups in total. The molecule has 1 aromatic rings. The molecule has 0 radical (unpaired) electrons. The third-order valence-corrected chi connectivity index (χ3v) is 4.54. The van der Waals surface area contributed by atoms with Crippen molar-refractivity contribution in [3.8, 4) is 0 Å². The van der Waals surface area contributed by atoms with Crippen molar-refractivity contribution in [2.24, 2.45) is 5.92 Å². The summed E-state index contributed by atoms with van der Waals surface area (Å²) in [6.07, 6.45) is 0. The van der Waals surface area contributed by atoms with E-state index in [9.17, 15) is 8.42 Å². The zero-order valence-corrected chi connectivity index (χ0v) is 12.0. The van der Waals surface area contributed by atoms with Crippen molar-refractivity contribution in [3.05, 3.63) is 28.8 Å². The quantitative estimate of drug-likeness (QED) is 0.848. The molecule has 1 atom stereocenters. The van der Waals surface area contributed by atoms with Crippen LogP contribution in [0.2, 0.25) is 5.02 Å². The topological polar surface area (TPSA) is 46.2 Å². The van der Waals surface area contributed by atoms with E-state index in [1.54, 1.807) is 25.1 Å². The summed E-state index contributed by atoms with van der Waals surface area (Å²) in [5, 5.41) is 0.395. The van der Waals surface area contributed by atoms with Crippen LogP contribution in [0.3, 0.4) is 0 Å². The largest absolute Gasteiger partial charge is 0.282 e. The van der Waals surface area contributed by atoms with E-state index in [-0.39, 0.29) is 11.7 Å². The molecule has 96 valence electrons. The maximum absolute atomic E-state index is 11.8. The van der Waals surface area contributed by atoms with Gasteiger partial charge < -0.3 is 0 Å². The summed E-state index contributed by atoms with van der Waals surface area (Å²) in [5.74, 6) is 0.196. The van der Waals surface area contributed by atoms with E-state index in [0.717, 1.165) is 5.56 Å². The van der Waals surface area contributed by atoms with Crippen LogP contribution in [0.25, 0.3) is 0 Å². The summed E-state index contributed by atoms with van der Waals surface area (Å²) in [5.41, 5.74) is 1.38. The number of alkyl halides is 1. The molecule has 0 saturated carbocycles. The lowest BCUT2D eigenvalue weighted by atomic mass is 10.2. The van der Waals surface area contributed by atoms with Gasteiger partial charge in [-0.1, -0.05) is 24.6 Å². The number of sulfonamides is 1. The van der Waals surface area contributed by atoms with E-state index in [1.807, 2.05) is 6.92 Å². The average Bonchev–Trinajstić information content (AvgIpc) is 2.21. The predicted octanol–water partition coefficient (Wildman–Crippen LogP) is 3.27. The molecule has 0 aliphatic carbocycles. The highest BCUT2D eigenvalue weighted by atomic mass is 35.5. The van der Waals surface area contributed by atoms with E-state index in [2.05, 4.69) is 4.72 Å². The lowest BCUT2D eigenvalue weighted by Crippen LogP contribution is -2.22. The Kier molecular flexibility index (Phi) is 5.10. The summed E-state index contributed by atoms with van der Waals surface area (Å²) >= 11 is 11.5. The number of hydrogen-bond acceptors (Lipinski definition) is 2. The van der Waals surface area contributed by atoms with Gasteiger partial charge in [0, 0.05) is 5.88 Å². The second-order valence-corrected chi connectivity index (χ2v) is 6.61. The zero-order valence-electron chi connectivity index (χ0n) is 9.70. The maximum atomic E-state index is 11.8. The number of aryl methyl sites for hydroxylation is 1. The molecule has 0 fully saturated rings. The first kappa shape index (κ1) is 14.6. The molecule has 6 heteroatoms. The number of nitrogens with one attached hydrogen (secondary N) is 1. The minimum absolute atomic E-state index is 0.0132. The number of hydrogen-bond donors (Lipinski definition) is 1. The molecule has 0 heterocycles. The first-order chi connectivity index (χ1) is 7.84. The molecule has 1 aromatic carbocycles. The molecule has 0 spiro atoms. The van der Waals surface area contributed by atoms with Gasteiger partial charge in [0.1, 0.15) is 0 Å². The average molecular weight is 296 g/mol. The summed E-state index contributed by atoms with van der Waals surface area (Å²) in [7, 11) is -3.40. The van der Waals surface area contributed by atoms with Gasteiger partial charge in [0.05, 0.1) is 16.5 Å². The van der Waals surface area contributed by atoms with Crippen LogP contribution in [0.4, 0.5) is 5.69 Å². The smallest absolute Gasteiger partial charge is 0.233 e. The summed E-state index contributed by atoms with van der Waals surface area (Å²) in [6.45, 7) is 3.67. The van der Waals surface area contributed by atoms with Crippen molar-refractivity contribution in [2.45, 2.75) is 13.8 Å². The molecule has 0 aromatic heterocycles. The predicted molar refractivity (Wildman–Crippen MR) is 73.5 cm³/mol. The Labute approximate surface area is 112 Å². The van der Waals surface area contributed by atoms with Gasteiger partial charge in [-0.2, -0.15) is 0 Å². The van der Waals surface area contributed by atoms with Gasteiger partial charge in [-0.15, -0.1) is 11.6 Å². The fraction of sp³-hybridized carbons (Fsp3) is 0.455. The van der Waals surface area contributed by atoms with Gasteiger partial charge in [-0.05, 0) is 30.5 Å². The molecular formula is C11H15Cl2NO2S. The highest BCUT2D eigenvalue weighted by Gasteiger charge is 2.16. The van der Waals surface area contributed by atoms with E-state index in [1.165, 1.54) is 0 Å². The van der Waals surface area contributed by atoms with E-state index in [0.29, 0.717) is 16.6 Å². The minimum atomic E-state index is -3.40. The summed E-state index contributed by atoms with van der Waals surface area (Å²) < 4.78 is 26.0. The monoisotopic (exact) mass is 295 g/mol. The molecule has 0 aliphatic rings.